The second kappa shape index (κ2) is 6.26. The van der Waals surface area contributed by atoms with Crippen LogP contribution in [-0.2, 0) is 6.42 Å². The molecule has 1 aromatic carbocycles. The lowest BCUT2D eigenvalue weighted by molar-refractivity contribution is -0.0960. The number of aliphatic hydroxyl groups is 2. The van der Waals surface area contributed by atoms with Crippen molar-refractivity contribution in [3.63, 3.8) is 0 Å². The first-order chi connectivity index (χ1) is 10.2. The lowest BCUT2D eigenvalue weighted by Crippen LogP contribution is -2.45. The fourth-order valence-electron chi connectivity index (χ4n) is 3.00. The Balaban J connectivity index is 1.69. The summed E-state index contributed by atoms with van der Waals surface area (Å²) in [6.07, 6.45) is 4.28. The van der Waals surface area contributed by atoms with Crippen LogP contribution in [0.2, 0.25) is 0 Å². The summed E-state index contributed by atoms with van der Waals surface area (Å²) in [5.74, 6) is 0. The summed E-state index contributed by atoms with van der Waals surface area (Å²) < 4.78 is 0. The van der Waals surface area contributed by atoms with E-state index in [1.54, 1.807) is 11.3 Å². The smallest absolute Gasteiger partial charge is 0.0959 e. The van der Waals surface area contributed by atoms with Gasteiger partial charge in [0.05, 0.1) is 22.4 Å². The van der Waals surface area contributed by atoms with Crippen LogP contribution in [0, 0.1) is 0 Å². The van der Waals surface area contributed by atoms with Gasteiger partial charge in [0.2, 0.25) is 0 Å². The second-order valence-electron chi connectivity index (χ2n) is 5.88. The number of rotatable bonds is 4. The summed E-state index contributed by atoms with van der Waals surface area (Å²) in [7, 11) is 0. The van der Waals surface area contributed by atoms with Crippen LogP contribution in [-0.4, -0.2) is 26.9 Å². The Morgan fingerprint density at radius 1 is 1.14 bits per heavy atom. The average molecular weight is 303 g/mol. The van der Waals surface area contributed by atoms with Gasteiger partial charge in [-0.3, -0.25) is 0 Å². The molecule has 3 nitrogen and oxygen atoms in total. The zero-order valence-corrected chi connectivity index (χ0v) is 12.9. The van der Waals surface area contributed by atoms with Crippen molar-refractivity contribution in [3.05, 3.63) is 40.7 Å². The van der Waals surface area contributed by atoms with Gasteiger partial charge < -0.3 is 10.2 Å². The third kappa shape index (κ3) is 3.34. The van der Waals surface area contributed by atoms with Crippen LogP contribution < -0.4 is 0 Å². The number of hydrogen-bond donors (Lipinski definition) is 2. The van der Waals surface area contributed by atoms with Gasteiger partial charge >= 0.3 is 0 Å². The maximum Gasteiger partial charge on any atom is 0.0959 e. The third-order valence-electron chi connectivity index (χ3n) is 4.33. The van der Waals surface area contributed by atoms with Crippen molar-refractivity contribution in [1.82, 2.24) is 4.98 Å². The van der Waals surface area contributed by atoms with Gasteiger partial charge in [0, 0.05) is 17.4 Å². The van der Waals surface area contributed by atoms with Gasteiger partial charge in [0.15, 0.2) is 0 Å². The highest BCUT2D eigenvalue weighted by atomic mass is 32.1. The molecule has 21 heavy (non-hydrogen) atoms. The molecule has 0 bridgehead atoms. The first-order valence-corrected chi connectivity index (χ1v) is 8.46. The zero-order chi connectivity index (χ0) is 14.7. The minimum atomic E-state index is -0.920. The molecule has 3 rings (SSSR count). The van der Waals surface area contributed by atoms with Crippen LogP contribution in [0.25, 0.3) is 11.3 Å². The standard InChI is InChI=1S/C17H21NO2S/c19-15(17(20)9-5-2-6-10-17)11-16-18-14(12-21-16)13-7-3-1-4-8-13/h1,3-4,7-8,12,15,19-20H,2,5-6,9-11H2. The highest BCUT2D eigenvalue weighted by Gasteiger charge is 2.37. The number of benzene rings is 1. The molecule has 1 aliphatic carbocycles. The number of hydrogen-bond acceptors (Lipinski definition) is 4. The van der Waals surface area contributed by atoms with Gasteiger partial charge in [-0.25, -0.2) is 4.98 Å². The number of nitrogens with zero attached hydrogens (tertiary/aromatic N) is 1. The maximum atomic E-state index is 10.6. The summed E-state index contributed by atoms with van der Waals surface area (Å²) in [5, 5.41) is 23.8. The Morgan fingerprint density at radius 3 is 2.57 bits per heavy atom. The van der Waals surface area contributed by atoms with Crippen molar-refractivity contribution in [2.24, 2.45) is 0 Å². The van der Waals surface area contributed by atoms with Gasteiger partial charge in [-0.2, -0.15) is 0 Å². The number of aromatic nitrogens is 1. The molecule has 112 valence electrons. The Kier molecular flexibility index (Phi) is 4.38. The van der Waals surface area contributed by atoms with Crippen LogP contribution in [0.4, 0.5) is 0 Å². The van der Waals surface area contributed by atoms with Crippen LogP contribution in [0.1, 0.15) is 37.1 Å². The molecule has 1 heterocycles. The Labute approximate surface area is 129 Å². The molecule has 0 spiro atoms. The minimum Gasteiger partial charge on any atom is -0.390 e. The lowest BCUT2D eigenvalue weighted by Gasteiger charge is -2.36. The van der Waals surface area contributed by atoms with E-state index < -0.39 is 11.7 Å². The zero-order valence-electron chi connectivity index (χ0n) is 12.0. The van der Waals surface area contributed by atoms with Crippen molar-refractivity contribution in [1.29, 1.82) is 0 Å². The van der Waals surface area contributed by atoms with Crippen LogP contribution in [0.15, 0.2) is 35.7 Å². The predicted molar refractivity (Wildman–Crippen MR) is 85.3 cm³/mol. The summed E-state index contributed by atoms with van der Waals surface area (Å²) in [5.41, 5.74) is 1.11. The molecular weight excluding hydrogens is 282 g/mol. The highest BCUT2D eigenvalue weighted by molar-refractivity contribution is 7.09. The Morgan fingerprint density at radius 2 is 1.86 bits per heavy atom. The average Bonchev–Trinajstić information content (AvgIpc) is 2.97. The fourth-order valence-corrected chi connectivity index (χ4v) is 3.84. The van der Waals surface area contributed by atoms with Gasteiger partial charge in [0.1, 0.15) is 0 Å². The van der Waals surface area contributed by atoms with E-state index in [1.807, 2.05) is 35.7 Å². The topological polar surface area (TPSA) is 53.4 Å². The Bertz CT molecular complexity index is 575. The largest absolute Gasteiger partial charge is 0.390 e. The molecule has 0 amide bonds. The van der Waals surface area contributed by atoms with Crippen molar-refractivity contribution < 1.29 is 10.2 Å². The van der Waals surface area contributed by atoms with Gasteiger partial charge in [-0.05, 0) is 12.8 Å². The maximum absolute atomic E-state index is 10.6. The van der Waals surface area contributed by atoms with E-state index in [-0.39, 0.29) is 0 Å². The number of aliphatic hydroxyl groups excluding tert-OH is 1. The quantitative estimate of drug-likeness (QED) is 0.910. The molecule has 1 unspecified atom stereocenters. The van der Waals surface area contributed by atoms with Crippen LogP contribution in [0.3, 0.4) is 0 Å². The molecular formula is C17H21NO2S. The van der Waals surface area contributed by atoms with E-state index in [4.69, 9.17) is 0 Å². The van der Waals surface area contributed by atoms with Crippen molar-refractivity contribution in [2.75, 3.05) is 0 Å². The predicted octanol–water partition coefficient (Wildman–Crippen LogP) is 3.41. The van der Waals surface area contributed by atoms with Gasteiger partial charge in [-0.15, -0.1) is 11.3 Å². The number of thiazole rings is 1. The molecule has 1 fully saturated rings. The third-order valence-corrected chi connectivity index (χ3v) is 5.20. The minimum absolute atomic E-state index is 0.438. The lowest BCUT2D eigenvalue weighted by atomic mass is 9.80. The molecule has 1 aromatic heterocycles. The molecule has 0 radical (unpaired) electrons. The van der Waals surface area contributed by atoms with Crippen molar-refractivity contribution in [2.45, 2.75) is 50.2 Å². The molecule has 2 N–H and O–H groups in total. The van der Waals surface area contributed by atoms with Crippen molar-refractivity contribution >= 4 is 11.3 Å². The fraction of sp³-hybridized carbons (Fsp3) is 0.471. The van der Waals surface area contributed by atoms with Gasteiger partial charge in [0.25, 0.3) is 0 Å². The van der Waals surface area contributed by atoms with E-state index in [2.05, 4.69) is 4.98 Å². The summed E-state index contributed by atoms with van der Waals surface area (Å²) in [6, 6.07) is 10.0. The normalized spacial score (nSPS) is 19.3. The summed E-state index contributed by atoms with van der Waals surface area (Å²) in [4.78, 5) is 4.59. The molecule has 0 saturated heterocycles. The first kappa shape index (κ1) is 14.7. The van der Waals surface area contributed by atoms with E-state index >= 15 is 0 Å². The molecule has 1 saturated carbocycles. The molecule has 1 atom stereocenters. The van der Waals surface area contributed by atoms with E-state index in [0.29, 0.717) is 19.3 Å². The van der Waals surface area contributed by atoms with Crippen molar-refractivity contribution in [3.8, 4) is 11.3 Å². The SMILES string of the molecule is OC(Cc1nc(-c2ccccc2)cs1)C1(O)CCCCC1. The second-order valence-corrected chi connectivity index (χ2v) is 6.82. The monoisotopic (exact) mass is 303 g/mol. The molecule has 0 aliphatic heterocycles. The molecule has 2 aromatic rings. The first-order valence-electron chi connectivity index (χ1n) is 7.58. The highest BCUT2D eigenvalue weighted by Crippen LogP contribution is 2.33. The van der Waals surface area contributed by atoms with E-state index in [1.165, 1.54) is 0 Å². The molecule has 1 aliphatic rings. The van der Waals surface area contributed by atoms with Gasteiger partial charge in [-0.1, -0.05) is 49.6 Å². The summed E-state index contributed by atoms with van der Waals surface area (Å²) >= 11 is 1.55. The Hall–Kier alpha value is -1.23. The van der Waals surface area contributed by atoms with E-state index in [0.717, 1.165) is 35.5 Å². The molecule has 4 heteroatoms. The van der Waals surface area contributed by atoms with Crippen LogP contribution in [0.5, 0.6) is 0 Å². The van der Waals surface area contributed by atoms with E-state index in [9.17, 15) is 10.2 Å². The summed E-state index contributed by atoms with van der Waals surface area (Å²) in [6.45, 7) is 0. The van der Waals surface area contributed by atoms with Crippen LogP contribution >= 0.6 is 11.3 Å².